The molecule has 2 aromatic rings. The number of benzene rings is 2. The van der Waals surface area contributed by atoms with Crippen molar-refractivity contribution < 1.29 is 14.4 Å². The smallest absolute Gasteiger partial charge is 0.243 e. The average molecular weight is 493 g/mol. The van der Waals surface area contributed by atoms with Crippen LogP contribution in [0.4, 0.5) is 0 Å². The minimum absolute atomic E-state index is 0.0428. The molecule has 0 aliphatic carbocycles. The lowest BCUT2D eigenvalue weighted by molar-refractivity contribution is -0.137. The third-order valence-electron chi connectivity index (χ3n) is 6.79. The second kappa shape index (κ2) is 13.2. The number of carbonyl (C=O) groups is 3. The van der Waals surface area contributed by atoms with Gasteiger partial charge in [-0.05, 0) is 43.2 Å². The standard InChI is InChI=1S/C29H40N4O3/c1-20(2)18-25(30)29(36)33-16-14-24(15-17-33)27(34)32-26(19-22-10-6-4-7-11-22)28(35)31-21(3)23-12-8-5-9-13-23/h4-13,20-21,24-26H,14-19,30H2,1-3H3,(H,31,35)(H,32,34)/t21-,25-,26-/m0/s1. The molecule has 0 bridgehead atoms. The van der Waals surface area contributed by atoms with Crippen molar-refractivity contribution in [2.45, 2.75) is 64.6 Å². The summed E-state index contributed by atoms with van der Waals surface area (Å²) in [5.74, 6) is -0.288. The number of amides is 3. The number of nitrogens with one attached hydrogen (secondary N) is 2. The van der Waals surface area contributed by atoms with Crippen molar-refractivity contribution in [3.63, 3.8) is 0 Å². The van der Waals surface area contributed by atoms with Crippen LogP contribution in [-0.4, -0.2) is 47.8 Å². The van der Waals surface area contributed by atoms with E-state index in [4.69, 9.17) is 5.73 Å². The molecule has 0 spiro atoms. The number of nitrogens with zero attached hydrogens (tertiary/aromatic N) is 1. The number of piperidine rings is 1. The Morgan fingerprint density at radius 2 is 1.50 bits per heavy atom. The summed E-state index contributed by atoms with van der Waals surface area (Å²) in [6, 6.07) is 18.1. The van der Waals surface area contributed by atoms with Crippen molar-refractivity contribution in [2.24, 2.45) is 17.6 Å². The van der Waals surface area contributed by atoms with Crippen LogP contribution in [0.2, 0.25) is 0 Å². The second-order valence-electron chi connectivity index (χ2n) is 10.2. The largest absolute Gasteiger partial charge is 0.348 e. The highest BCUT2D eigenvalue weighted by molar-refractivity contribution is 5.89. The van der Waals surface area contributed by atoms with Crippen LogP contribution in [0.5, 0.6) is 0 Å². The fourth-order valence-electron chi connectivity index (χ4n) is 4.69. The Morgan fingerprint density at radius 3 is 2.08 bits per heavy atom. The van der Waals surface area contributed by atoms with Crippen molar-refractivity contribution in [1.82, 2.24) is 15.5 Å². The molecule has 36 heavy (non-hydrogen) atoms. The lowest BCUT2D eigenvalue weighted by Gasteiger charge is -2.34. The Morgan fingerprint density at radius 1 is 0.917 bits per heavy atom. The van der Waals surface area contributed by atoms with E-state index in [1.54, 1.807) is 4.90 Å². The monoisotopic (exact) mass is 492 g/mol. The molecule has 1 heterocycles. The van der Waals surface area contributed by atoms with Crippen LogP contribution in [0.25, 0.3) is 0 Å². The van der Waals surface area contributed by atoms with Crippen molar-refractivity contribution in [3.05, 3.63) is 71.8 Å². The van der Waals surface area contributed by atoms with Crippen molar-refractivity contribution in [1.29, 1.82) is 0 Å². The summed E-state index contributed by atoms with van der Waals surface area (Å²) >= 11 is 0. The molecule has 194 valence electrons. The first-order valence-corrected chi connectivity index (χ1v) is 13.0. The number of carbonyl (C=O) groups excluding carboxylic acids is 3. The maximum absolute atomic E-state index is 13.3. The summed E-state index contributed by atoms with van der Waals surface area (Å²) in [4.78, 5) is 40.9. The van der Waals surface area contributed by atoms with Crippen molar-refractivity contribution in [3.8, 4) is 0 Å². The Hall–Kier alpha value is -3.19. The van der Waals surface area contributed by atoms with Crippen LogP contribution in [-0.2, 0) is 20.8 Å². The molecular formula is C29H40N4O3. The topological polar surface area (TPSA) is 105 Å². The fraction of sp³-hybridized carbons (Fsp3) is 0.483. The van der Waals surface area contributed by atoms with E-state index in [0.717, 1.165) is 11.1 Å². The van der Waals surface area contributed by atoms with E-state index in [1.807, 2.05) is 81.4 Å². The Bertz CT molecular complexity index is 988. The van der Waals surface area contributed by atoms with Gasteiger partial charge in [-0.3, -0.25) is 14.4 Å². The van der Waals surface area contributed by atoms with Gasteiger partial charge in [-0.1, -0.05) is 74.5 Å². The molecule has 3 atom stereocenters. The third-order valence-corrected chi connectivity index (χ3v) is 6.79. The quantitative estimate of drug-likeness (QED) is 0.474. The highest BCUT2D eigenvalue weighted by atomic mass is 16.2. The van der Waals surface area contributed by atoms with Gasteiger partial charge in [0.2, 0.25) is 17.7 Å². The highest BCUT2D eigenvalue weighted by Crippen LogP contribution is 2.20. The predicted molar refractivity (Wildman–Crippen MR) is 142 cm³/mol. The number of nitrogens with two attached hydrogens (primary N) is 1. The van der Waals surface area contributed by atoms with Crippen LogP contribution in [0.15, 0.2) is 60.7 Å². The molecule has 1 aliphatic rings. The summed E-state index contributed by atoms with van der Waals surface area (Å²) in [6.45, 7) is 7.04. The van der Waals surface area contributed by atoms with Gasteiger partial charge < -0.3 is 21.3 Å². The molecular weight excluding hydrogens is 452 g/mol. The van der Waals surface area contributed by atoms with Gasteiger partial charge in [0.05, 0.1) is 12.1 Å². The molecule has 1 saturated heterocycles. The number of rotatable bonds is 10. The van der Waals surface area contributed by atoms with Gasteiger partial charge in [0.15, 0.2) is 0 Å². The molecule has 3 amide bonds. The van der Waals surface area contributed by atoms with E-state index in [9.17, 15) is 14.4 Å². The van der Waals surface area contributed by atoms with Crippen LogP contribution < -0.4 is 16.4 Å². The van der Waals surface area contributed by atoms with Crippen molar-refractivity contribution in [2.75, 3.05) is 13.1 Å². The van der Waals surface area contributed by atoms with E-state index in [0.29, 0.717) is 44.7 Å². The third kappa shape index (κ3) is 7.92. The first kappa shape index (κ1) is 27.4. The summed E-state index contributed by atoms with van der Waals surface area (Å²) in [5.41, 5.74) is 8.06. The molecule has 0 radical (unpaired) electrons. The zero-order valence-corrected chi connectivity index (χ0v) is 21.7. The van der Waals surface area contributed by atoms with Gasteiger partial charge in [-0.2, -0.15) is 0 Å². The van der Waals surface area contributed by atoms with Crippen molar-refractivity contribution >= 4 is 17.7 Å². The molecule has 0 aromatic heterocycles. The fourth-order valence-corrected chi connectivity index (χ4v) is 4.69. The minimum Gasteiger partial charge on any atom is -0.348 e. The molecule has 1 aliphatic heterocycles. The molecule has 0 saturated carbocycles. The number of hydrogen-bond donors (Lipinski definition) is 3. The lowest BCUT2D eigenvalue weighted by Crippen LogP contribution is -2.52. The summed E-state index contributed by atoms with van der Waals surface area (Å²) < 4.78 is 0. The lowest BCUT2D eigenvalue weighted by atomic mass is 9.94. The highest BCUT2D eigenvalue weighted by Gasteiger charge is 2.32. The number of hydrogen-bond acceptors (Lipinski definition) is 4. The van der Waals surface area contributed by atoms with Gasteiger partial charge in [0.25, 0.3) is 0 Å². The zero-order valence-electron chi connectivity index (χ0n) is 21.7. The summed E-state index contributed by atoms with van der Waals surface area (Å²) in [5, 5.41) is 6.06. The van der Waals surface area contributed by atoms with Crippen LogP contribution in [0, 0.1) is 11.8 Å². The first-order valence-electron chi connectivity index (χ1n) is 13.0. The average Bonchev–Trinajstić information content (AvgIpc) is 2.88. The van der Waals surface area contributed by atoms with E-state index < -0.39 is 12.1 Å². The van der Waals surface area contributed by atoms with Gasteiger partial charge in [-0.25, -0.2) is 0 Å². The SMILES string of the molecule is CC(C)C[C@H](N)C(=O)N1CCC(C(=O)N[C@@H](Cc2ccccc2)C(=O)N[C@@H](C)c2ccccc2)CC1. The van der Waals surface area contributed by atoms with Gasteiger partial charge >= 0.3 is 0 Å². The molecule has 0 unspecified atom stereocenters. The summed E-state index contributed by atoms with van der Waals surface area (Å²) in [7, 11) is 0. The normalized spacial score (nSPS) is 16.8. The van der Waals surface area contributed by atoms with E-state index >= 15 is 0 Å². The van der Waals surface area contributed by atoms with Crippen LogP contribution >= 0.6 is 0 Å². The molecule has 1 fully saturated rings. The minimum atomic E-state index is -0.690. The maximum atomic E-state index is 13.3. The molecule has 7 heteroatoms. The Balaban J connectivity index is 1.61. The Labute approximate surface area is 214 Å². The van der Waals surface area contributed by atoms with Crippen LogP contribution in [0.1, 0.15) is 57.2 Å². The van der Waals surface area contributed by atoms with E-state index in [1.165, 1.54) is 0 Å². The second-order valence-corrected chi connectivity index (χ2v) is 10.2. The van der Waals surface area contributed by atoms with Gasteiger partial charge in [0.1, 0.15) is 6.04 Å². The van der Waals surface area contributed by atoms with Crippen LogP contribution in [0.3, 0.4) is 0 Å². The van der Waals surface area contributed by atoms with E-state index in [2.05, 4.69) is 10.6 Å². The Kier molecular flexibility index (Phi) is 10.1. The first-order chi connectivity index (χ1) is 17.2. The zero-order chi connectivity index (χ0) is 26.1. The van der Waals surface area contributed by atoms with E-state index in [-0.39, 0.29) is 29.7 Å². The molecule has 2 aromatic carbocycles. The molecule has 3 rings (SSSR count). The number of likely N-dealkylation sites (tertiary alicyclic amines) is 1. The maximum Gasteiger partial charge on any atom is 0.243 e. The molecule has 7 nitrogen and oxygen atoms in total. The molecule has 4 N–H and O–H groups in total. The van der Waals surface area contributed by atoms with Gasteiger partial charge in [-0.15, -0.1) is 0 Å². The van der Waals surface area contributed by atoms with Gasteiger partial charge in [0, 0.05) is 25.4 Å². The predicted octanol–water partition coefficient (Wildman–Crippen LogP) is 3.20. The summed E-state index contributed by atoms with van der Waals surface area (Å²) in [6.07, 6.45) is 2.18.